The van der Waals surface area contributed by atoms with E-state index in [1.807, 2.05) is 13.8 Å². The van der Waals surface area contributed by atoms with E-state index in [4.69, 9.17) is 14.6 Å². The van der Waals surface area contributed by atoms with Gasteiger partial charge in [-0.2, -0.15) is 0 Å². The highest BCUT2D eigenvalue weighted by atomic mass is 19.1. The van der Waals surface area contributed by atoms with Crippen molar-refractivity contribution in [3.63, 3.8) is 0 Å². The van der Waals surface area contributed by atoms with Gasteiger partial charge in [0.15, 0.2) is 0 Å². The number of nitrogens with zero attached hydrogens (tertiary/aromatic N) is 2. The lowest BCUT2D eigenvalue weighted by molar-refractivity contribution is -0.136. The molecular formula is C32H50FN3O9. The fourth-order valence-corrected chi connectivity index (χ4v) is 6.62. The van der Waals surface area contributed by atoms with Gasteiger partial charge in [-0.25, -0.2) is 9.18 Å². The maximum Gasteiger partial charge on any atom is 0.410 e. The highest BCUT2D eigenvalue weighted by molar-refractivity contribution is 5.79. The van der Waals surface area contributed by atoms with Crippen LogP contribution in [0.25, 0.3) is 0 Å². The minimum Gasteiger partial charge on any atom is -0.493 e. The van der Waals surface area contributed by atoms with Crippen molar-refractivity contribution < 1.29 is 49.0 Å². The van der Waals surface area contributed by atoms with Crippen LogP contribution in [0, 0.1) is 23.1 Å². The molecule has 0 aromatic heterocycles. The second-order valence-electron chi connectivity index (χ2n) is 13.4. The van der Waals surface area contributed by atoms with Gasteiger partial charge in [0.2, 0.25) is 5.91 Å². The molecule has 2 aliphatic heterocycles. The van der Waals surface area contributed by atoms with E-state index in [1.165, 1.54) is 6.07 Å². The molecule has 2 amide bonds. The van der Waals surface area contributed by atoms with Crippen molar-refractivity contribution in [2.24, 2.45) is 17.3 Å². The minimum atomic E-state index is -1.68. The van der Waals surface area contributed by atoms with Crippen molar-refractivity contribution in [2.75, 3.05) is 52.5 Å². The molecule has 0 bridgehead atoms. The summed E-state index contributed by atoms with van der Waals surface area (Å²) in [4.78, 5) is 28.2. The first kappa shape index (κ1) is 35.3. The first-order valence-corrected chi connectivity index (χ1v) is 16.1. The van der Waals surface area contributed by atoms with Crippen LogP contribution in [0.15, 0.2) is 18.2 Å². The number of hydrogen-bond acceptors (Lipinski definition) is 10. The quantitative estimate of drug-likeness (QED) is 0.160. The number of nitrogens with one attached hydrogen (secondary N) is 1. The highest BCUT2D eigenvalue weighted by Crippen LogP contribution is 2.53. The summed E-state index contributed by atoms with van der Waals surface area (Å²) in [5, 5.41) is 50.7. The lowest BCUT2D eigenvalue weighted by Crippen LogP contribution is -2.55. The predicted molar refractivity (Wildman–Crippen MR) is 162 cm³/mol. The molecule has 254 valence electrons. The molecular weight excluding hydrogens is 589 g/mol. The number of carbonyl (C=O) groups is 2. The Labute approximate surface area is 264 Å². The number of halogens is 1. The van der Waals surface area contributed by atoms with Crippen molar-refractivity contribution in [3.05, 3.63) is 29.6 Å². The van der Waals surface area contributed by atoms with Crippen LogP contribution < -0.4 is 10.1 Å². The highest BCUT2D eigenvalue weighted by Gasteiger charge is 2.46. The maximum absolute atomic E-state index is 14.8. The van der Waals surface area contributed by atoms with Crippen LogP contribution in [0.5, 0.6) is 5.75 Å². The van der Waals surface area contributed by atoms with Crippen LogP contribution in [0.1, 0.15) is 51.5 Å². The van der Waals surface area contributed by atoms with Crippen molar-refractivity contribution in [1.29, 1.82) is 0 Å². The van der Waals surface area contributed by atoms with Crippen molar-refractivity contribution in [3.8, 4) is 5.75 Å². The molecule has 12 nitrogen and oxygen atoms in total. The molecule has 0 unspecified atom stereocenters. The van der Waals surface area contributed by atoms with Crippen LogP contribution in [0.3, 0.4) is 0 Å². The average molecular weight is 640 g/mol. The van der Waals surface area contributed by atoms with Gasteiger partial charge in [-0.3, -0.25) is 4.79 Å². The molecule has 1 saturated carbocycles. The Morgan fingerprint density at radius 2 is 1.69 bits per heavy atom. The Bertz CT molecular complexity index is 1120. The van der Waals surface area contributed by atoms with Gasteiger partial charge in [0.1, 0.15) is 29.9 Å². The Balaban J connectivity index is 1.08. The number of hydrogen-bond donors (Lipinski definition) is 6. The largest absolute Gasteiger partial charge is 0.493 e. The molecule has 0 radical (unpaired) electrons. The molecule has 3 fully saturated rings. The molecule has 4 rings (SSSR count). The van der Waals surface area contributed by atoms with E-state index in [0.29, 0.717) is 48.9 Å². The van der Waals surface area contributed by atoms with E-state index in [0.717, 1.165) is 45.2 Å². The van der Waals surface area contributed by atoms with Gasteiger partial charge in [-0.15, -0.1) is 0 Å². The number of benzene rings is 1. The smallest absolute Gasteiger partial charge is 0.410 e. The Morgan fingerprint density at radius 3 is 2.31 bits per heavy atom. The summed E-state index contributed by atoms with van der Waals surface area (Å²) in [7, 11) is 0. The summed E-state index contributed by atoms with van der Waals surface area (Å²) >= 11 is 0. The van der Waals surface area contributed by atoms with Gasteiger partial charge in [0.25, 0.3) is 0 Å². The van der Waals surface area contributed by atoms with E-state index in [2.05, 4.69) is 5.32 Å². The molecule has 1 aliphatic carbocycles. The van der Waals surface area contributed by atoms with Crippen LogP contribution in [-0.2, 0) is 16.0 Å². The van der Waals surface area contributed by atoms with E-state index in [-0.39, 0.29) is 37.0 Å². The SMILES string of the molecule is CC(C)OC(=O)N1CCC2(CC1)CC(CCOc1ccc(CC(=O)N3CC(CNC[C@H](O)[C@@H](O)[C@H](O)[C@H](O)CO)C3)c(F)c1)C2. The van der Waals surface area contributed by atoms with Crippen molar-refractivity contribution in [2.45, 2.75) is 82.9 Å². The number of rotatable bonds is 15. The molecule has 3 aliphatic rings. The third-order valence-electron chi connectivity index (χ3n) is 9.45. The summed E-state index contributed by atoms with van der Waals surface area (Å²) in [6, 6.07) is 4.61. The lowest BCUT2D eigenvalue weighted by Gasteiger charge is -2.52. The third-order valence-corrected chi connectivity index (χ3v) is 9.45. The minimum absolute atomic E-state index is 0.0429. The number of carbonyl (C=O) groups excluding carboxylic acids is 2. The van der Waals surface area contributed by atoms with Crippen LogP contribution in [-0.4, -0.2) is 130 Å². The van der Waals surface area contributed by atoms with Crippen LogP contribution >= 0.6 is 0 Å². The summed E-state index contributed by atoms with van der Waals surface area (Å²) < 4.78 is 25.9. The zero-order chi connectivity index (χ0) is 32.7. The van der Waals surface area contributed by atoms with Gasteiger partial charge in [0.05, 0.1) is 31.8 Å². The molecule has 1 aromatic rings. The fourth-order valence-electron chi connectivity index (χ4n) is 6.62. The summed E-state index contributed by atoms with van der Waals surface area (Å²) in [5.74, 6) is 0.462. The molecule has 13 heteroatoms. The first-order valence-electron chi connectivity index (χ1n) is 16.1. The molecule has 45 heavy (non-hydrogen) atoms. The Kier molecular flexibility index (Phi) is 12.4. The van der Waals surface area contributed by atoms with E-state index in [9.17, 15) is 34.4 Å². The van der Waals surface area contributed by atoms with Gasteiger partial charge in [-0.1, -0.05) is 6.07 Å². The van der Waals surface area contributed by atoms with E-state index < -0.39 is 36.8 Å². The second-order valence-corrected chi connectivity index (χ2v) is 13.4. The Morgan fingerprint density at radius 1 is 1.02 bits per heavy atom. The number of likely N-dealkylation sites (tertiary alicyclic amines) is 2. The van der Waals surface area contributed by atoms with Gasteiger partial charge in [0, 0.05) is 51.3 Å². The molecule has 2 heterocycles. The molecule has 2 saturated heterocycles. The number of ether oxygens (including phenoxy) is 2. The summed E-state index contributed by atoms with van der Waals surface area (Å²) in [6.45, 7) is 6.32. The zero-order valence-corrected chi connectivity index (χ0v) is 26.3. The van der Waals surface area contributed by atoms with Gasteiger partial charge >= 0.3 is 6.09 Å². The third kappa shape index (κ3) is 9.49. The molecule has 6 N–H and O–H groups in total. The Hall–Kier alpha value is -2.55. The molecule has 4 atom stereocenters. The van der Waals surface area contributed by atoms with Crippen LogP contribution in [0.4, 0.5) is 9.18 Å². The normalized spacial score (nSPS) is 21.2. The summed E-state index contributed by atoms with van der Waals surface area (Å²) in [5.41, 5.74) is 0.620. The number of amides is 2. The lowest BCUT2D eigenvalue weighted by atomic mass is 9.57. The average Bonchev–Trinajstić information content (AvgIpc) is 2.97. The first-order chi connectivity index (χ1) is 21.4. The van der Waals surface area contributed by atoms with E-state index in [1.54, 1.807) is 21.9 Å². The fraction of sp³-hybridized carbons (Fsp3) is 0.750. The van der Waals surface area contributed by atoms with E-state index >= 15 is 0 Å². The summed E-state index contributed by atoms with van der Waals surface area (Å²) in [6.07, 6.45) is -1.46. The number of aliphatic hydroxyl groups excluding tert-OH is 5. The van der Waals surface area contributed by atoms with Crippen molar-refractivity contribution in [1.82, 2.24) is 15.1 Å². The molecule has 1 aromatic carbocycles. The number of aliphatic hydroxyl groups is 5. The standard InChI is InChI=1S/C32H50FN3O9/c1-20(2)45-31(43)35-8-6-32(7-9-35)13-21(14-32)5-10-44-24-4-3-23(25(33)12-24)11-28(40)36-17-22(18-36)15-34-16-26(38)29(41)30(42)27(39)19-37/h3-4,12,20-22,26-27,29-30,34,37-39,41-42H,5-11,13-19H2,1-2H3/t26-,27+,29+,30+/m0/s1. The monoisotopic (exact) mass is 639 g/mol. The maximum atomic E-state index is 14.8. The zero-order valence-electron chi connectivity index (χ0n) is 26.3. The molecule has 1 spiro atoms. The number of piperidine rings is 1. The van der Waals surface area contributed by atoms with Gasteiger partial charge in [-0.05, 0) is 68.9 Å². The van der Waals surface area contributed by atoms with Crippen LogP contribution in [0.2, 0.25) is 0 Å². The van der Waals surface area contributed by atoms with Crippen molar-refractivity contribution >= 4 is 12.0 Å². The predicted octanol–water partition coefficient (Wildman–Crippen LogP) is 0.658. The topological polar surface area (TPSA) is 172 Å². The van der Waals surface area contributed by atoms with Gasteiger partial charge < -0.3 is 50.1 Å². The second kappa shape index (κ2) is 15.8.